The highest BCUT2D eigenvalue weighted by molar-refractivity contribution is 5.76. The Morgan fingerprint density at radius 2 is 2.33 bits per heavy atom. The maximum Gasteiger partial charge on any atom is 0.221 e. The summed E-state index contributed by atoms with van der Waals surface area (Å²) in [6, 6.07) is 0.461. The number of amides is 1. The SMILES string of the molecule is CCc1nn(C)cc1CNCCC(=O)NC1CC1. The minimum atomic E-state index is 0.159. The molecular formula is C13H22N4O. The van der Waals surface area contributed by atoms with Crippen LogP contribution >= 0.6 is 0 Å². The van der Waals surface area contributed by atoms with Gasteiger partial charge >= 0.3 is 0 Å². The van der Waals surface area contributed by atoms with Crippen LogP contribution in [0.25, 0.3) is 0 Å². The first-order valence-corrected chi connectivity index (χ1v) is 6.70. The number of aryl methyl sites for hydroxylation is 2. The molecule has 1 heterocycles. The number of carbonyl (C=O) groups is 1. The average Bonchev–Trinajstić information content (AvgIpc) is 3.06. The van der Waals surface area contributed by atoms with Crippen LogP contribution in [0.15, 0.2) is 6.20 Å². The standard InChI is InChI=1S/C13H22N4O/c1-3-12-10(9-17(2)16-12)8-14-7-6-13(18)15-11-4-5-11/h9,11,14H,3-8H2,1-2H3,(H,15,18). The zero-order chi connectivity index (χ0) is 13.0. The van der Waals surface area contributed by atoms with Crippen LogP contribution in [0.1, 0.15) is 37.4 Å². The molecule has 100 valence electrons. The zero-order valence-electron chi connectivity index (χ0n) is 11.2. The van der Waals surface area contributed by atoms with E-state index in [1.165, 1.54) is 5.56 Å². The van der Waals surface area contributed by atoms with Gasteiger partial charge in [-0.2, -0.15) is 5.10 Å². The van der Waals surface area contributed by atoms with Crippen LogP contribution in [0.4, 0.5) is 0 Å². The van der Waals surface area contributed by atoms with Crippen molar-refractivity contribution in [1.29, 1.82) is 0 Å². The summed E-state index contributed by atoms with van der Waals surface area (Å²) in [6.45, 7) is 3.61. The van der Waals surface area contributed by atoms with Crippen LogP contribution in [-0.2, 0) is 24.8 Å². The summed E-state index contributed by atoms with van der Waals surface area (Å²) in [5.74, 6) is 0.159. The smallest absolute Gasteiger partial charge is 0.221 e. The highest BCUT2D eigenvalue weighted by Crippen LogP contribution is 2.18. The van der Waals surface area contributed by atoms with E-state index in [1.54, 1.807) is 0 Å². The molecule has 5 nitrogen and oxygen atoms in total. The first-order chi connectivity index (χ1) is 8.69. The lowest BCUT2D eigenvalue weighted by molar-refractivity contribution is -0.121. The van der Waals surface area contributed by atoms with Crippen molar-refractivity contribution in [1.82, 2.24) is 20.4 Å². The molecule has 5 heteroatoms. The Morgan fingerprint density at radius 3 is 3.00 bits per heavy atom. The van der Waals surface area contributed by atoms with E-state index < -0.39 is 0 Å². The number of hydrogen-bond acceptors (Lipinski definition) is 3. The molecule has 1 fully saturated rings. The molecule has 1 saturated carbocycles. The van der Waals surface area contributed by atoms with Gasteiger partial charge in [0.05, 0.1) is 5.69 Å². The van der Waals surface area contributed by atoms with Crippen molar-refractivity contribution < 1.29 is 4.79 Å². The van der Waals surface area contributed by atoms with Gasteiger partial charge < -0.3 is 10.6 Å². The third-order valence-corrected chi connectivity index (χ3v) is 3.11. The Morgan fingerprint density at radius 1 is 1.56 bits per heavy atom. The Hall–Kier alpha value is -1.36. The molecule has 0 aliphatic heterocycles. The second kappa shape index (κ2) is 6.00. The molecule has 0 radical (unpaired) electrons. The van der Waals surface area contributed by atoms with Crippen LogP contribution in [0, 0.1) is 0 Å². The Balaban J connectivity index is 1.66. The third-order valence-electron chi connectivity index (χ3n) is 3.11. The molecule has 1 aromatic heterocycles. The summed E-state index contributed by atoms with van der Waals surface area (Å²) in [4.78, 5) is 11.5. The first-order valence-electron chi connectivity index (χ1n) is 6.70. The number of rotatable bonds is 7. The number of nitrogens with zero attached hydrogens (tertiary/aromatic N) is 2. The molecule has 2 N–H and O–H groups in total. The van der Waals surface area contributed by atoms with Gasteiger partial charge in [-0.1, -0.05) is 6.92 Å². The van der Waals surface area contributed by atoms with Crippen LogP contribution in [0.3, 0.4) is 0 Å². The average molecular weight is 250 g/mol. The molecule has 0 saturated heterocycles. The van der Waals surface area contributed by atoms with Gasteiger partial charge in [0.25, 0.3) is 0 Å². The topological polar surface area (TPSA) is 59.0 Å². The molecule has 1 aromatic rings. The Kier molecular flexibility index (Phi) is 4.36. The summed E-state index contributed by atoms with van der Waals surface area (Å²) < 4.78 is 1.84. The summed E-state index contributed by atoms with van der Waals surface area (Å²) in [5.41, 5.74) is 2.36. The van der Waals surface area contributed by atoms with Crippen LogP contribution < -0.4 is 10.6 Å². The lowest BCUT2D eigenvalue weighted by Crippen LogP contribution is -2.29. The van der Waals surface area contributed by atoms with E-state index in [0.717, 1.165) is 38.0 Å². The third kappa shape index (κ3) is 3.84. The zero-order valence-corrected chi connectivity index (χ0v) is 11.2. The fraction of sp³-hybridized carbons (Fsp3) is 0.692. The van der Waals surface area contributed by atoms with Crippen molar-refractivity contribution in [2.24, 2.45) is 7.05 Å². The molecular weight excluding hydrogens is 228 g/mol. The van der Waals surface area contributed by atoms with E-state index >= 15 is 0 Å². The molecule has 0 aromatic carbocycles. The number of aromatic nitrogens is 2. The second-order valence-corrected chi connectivity index (χ2v) is 4.90. The Bertz CT molecular complexity index is 409. The monoisotopic (exact) mass is 250 g/mol. The molecule has 18 heavy (non-hydrogen) atoms. The molecule has 0 unspecified atom stereocenters. The molecule has 0 spiro atoms. The maximum atomic E-state index is 11.5. The van der Waals surface area contributed by atoms with Gasteiger partial charge in [0, 0.05) is 44.4 Å². The quantitative estimate of drug-likeness (QED) is 0.702. The fourth-order valence-electron chi connectivity index (χ4n) is 1.98. The Labute approximate surface area is 108 Å². The van der Waals surface area contributed by atoms with E-state index in [9.17, 15) is 4.79 Å². The lowest BCUT2D eigenvalue weighted by Gasteiger charge is -2.05. The van der Waals surface area contributed by atoms with Gasteiger partial charge in [0.1, 0.15) is 0 Å². The molecule has 2 rings (SSSR count). The largest absolute Gasteiger partial charge is 0.353 e. The summed E-state index contributed by atoms with van der Waals surface area (Å²) >= 11 is 0. The molecule has 0 bridgehead atoms. The predicted octanol–water partition coefficient (Wildman–Crippen LogP) is 0.741. The van der Waals surface area contributed by atoms with Crippen LogP contribution in [0.5, 0.6) is 0 Å². The molecule has 1 amide bonds. The minimum Gasteiger partial charge on any atom is -0.353 e. The summed E-state index contributed by atoms with van der Waals surface area (Å²) in [6.07, 6.45) is 5.83. The van der Waals surface area contributed by atoms with Gasteiger partial charge in [-0.15, -0.1) is 0 Å². The van der Waals surface area contributed by atoms with Gasteiger partial charge in [-0.25, -0.2) is 0 Å². The van der Waals surface area contributed by atoms with E-state index in [1.807, 2.05) is 17.9 Å². The van der Waals surface area contributed by atoms with Gasteiger partial charge in [0.15, 0.2) is 0 Å². The van der Waals surface area contributed by atoms with E-state index in [2.05, 4.69) is 22.7 Å². The normalized spacial score (nSPS) is 14.8. The van der Waals surface area contributed by atoms with Gasteiger partial charge in [-0.3, -0.25) is 9.48 Å². The highest BCUT2D eigenvalue weighted by Gasteiger charge is 2.22. The molecule has 0 atom stereocenters. The van der Waals surface area contributed by atoms with Crippen molar-refractivity contribution in [3.05, 3.63) is 17.5 Å². The van der Waals surface area contributed by atoms with Crippen molar-refractivity contribution in [2.45, 2.75) is 45.2 Å². The van der Waals surface area contributed by atoms with Crippen LogP contribution in [-0.4, -0.2) is 28.3 Å². The number of nitrogens with one attached hydrogen (secondary N) is 2. The second-order valence-electron chi connectivity index (χ2n) is 4.90. The summed E-state index contributed by atoms with van der Waals surface area (Å²) in [7, 11) is 1.94. The first kappa shape index (κ1) is 13.1. The van der Waals surface area contributed by atoms with E-state index in [-0.39, 0.29) is 5.91 Å². The lowest BCUT2D eigenvalue weighted by atomic mass is 10.2. The number of hydrogen-bond donors (Lipinski definition) is 2. The number of carbonyl (C=O) groups excluding carboxylic acids is 1. The van der Waals surface area contributed by atoms with Gasteiger partial charge in [-0.05, 0) is 19.3 Å². The van der Waals surface area contributed by atoms with Crippen LogP contribution in [0.2, 0.25) is 0 Å². The minimum absolute atomic E-state index is 0.159. The van der Waals surface area contributed by atoms with Crippen molar-refractivity contribution >= 4 is 5.91 Å². The summed E-state index contributed by atoms with van der Waals surface area (Å²) in [5, 5.41) is 10.7. The predicted molar refractivity (Wildman–Crippen MR) is 70.1 cm³/mol. The van der Waals surface area contributed by atoms with Gasteiger partial charge in [0.2, 0.25) is 5.91 Å². The fourth-order valence-corrected chi connectivity index (χ4v) is 1.98. The highest BCUT2D eigenvalue weighted by atomic mass is 16.1. The van der Waals surface area contributed by atoms with Crippen molar-refractivity contribution in [2.75, 3.05) is 6.54 Å². The van der Waals surface area contributed by atoms with Crippen molar-refractivity contribution in [3.63, 3.8) is 0 Å². The molecule has 1 aliphatic carbocycles. The van der Waals surface area contributed by atoms with E-state index in [4.69, 9.17) is 0 Å². The maximum absolute atomic E-state index is 11.5. The van der Waals surface area contributed by atoms with Crippen molar-refractivity contribution in [3.8, 4) is 0 Å². The molecule has 1 aliphatic rings. The van der Waals surface area contributed by atoms with E-state index in [0.29, 0.717) is 12.5 Å².